The van der Waals surface area contributed by atoms with Crippen molar-refractivity contribution in [2.45, 2.75) is 12.7 Å². The van der Waals surface area contributed by atoms with E-state index in [0.717, 1.165) is 11.3 Å². The maximum atomic E-state index is 9.20. The zero-order chi connectivity index (χ0) is 11.1. The number of aliphatic hydroxyl groups excluding tert-OH is 2. The number of nitrogens with one attached hydrogen (secondary N) is 1. The summed E-state index contributed by atoms with van der Waals surface area (Å²) in [5.41, 5.74) is 1.96. The van der Waals surface area contributed by atoms with Crippen molar-refractivity contribution in [1.29, 1.82) is 0 Å². The number of hydrogen-bond donors (Lipinski definition) is 3. The molecule has 15 heavy (non-hydrogen) atoms. The molecule has 0 aliphatic carbocycles. The Morgan fingerprint density at radius 1 is 1.40 bits per heavy atom. The Bertz CT molecular complexity index is 291. The highest BCUT2D eigenvalue weighted by molar-refractivity contribution is 5.50. The van der Waals surface area contributed by atoms with Crippen LogP contribution in [0.1, 0.15) is 5.56 Å². The van der Waals surface area contributed by atoms with E-state index < -0.39 is 6.10 Å². The predicted octanol–water partition coefficient (Wildman–Crippen LogP) is 0.598. The molecule has 0 unspecified atom stereocenters. The third kappa shape index (κ3) is 3.87. The van der Waals surface area contributed by atoms with Crippen LogP contribution in [0.2, 0.25) is 0 Å². The van der Waals surface area contributed by atoms with Gasteiger partial charge in [0.15, 0.2) is 0 Å². The fourth-order valence-corrected chi connectivity index (χ4v) is 1.27. The molecule has 1 aromatic carbocycles. The van der Waals surface area contributed by atoms with Gasteiger partial charge in [-0.25, -0.2) is 0 Å². The molecule has 0 aliphatic rings. The number of hydrogen-bond acceptors (Lipinski definition) is 4. The zero-order valence-corrected chi connectivity index (χ0v) is 8.81. The maximum absolute atomic E-state index is 9.20. The number of aliphatic hydroxyl groups is 2. The lowest BCUT2D eigenvalue weighted by Gasteiger charge is -2.13. The maximum Gasteiger partial charge on any atom is 0.0942 e. The molecule has 0 radical (unpaired) electrons. The van der Waals surface area contributed by atoms with E-state index in [2.05, 4.69) is 5.32 Å². The van der Waals surface area contributed by atoms with Crippen molar-refractivity contribution >= 4 is 5.69 Å². The van der Waals surface area contributed by atoms with Crippen LogP contribution in [0.25, 0.3) is 0 Å². The number of para-hydroxylation sites is 1. The molecule has 0 aromatic heterocycles. The van der Waals surface area contributed by atoms with E-state index in [-0.39, 0.29) is 6.61 Å². The highest BCUT2D eigenvalue weighted by Crippen LogP contribution is 2.15. The molecule has 0 aliphatic heterocycles. The van der Waals surface area contributed by atoms with E-state index in [1.54, 1.807) is 7.11 Å². The van der Waals surface area contributed by atoms with Gasteiger partial charge < -0.3 is 20.3 Å². The molecule has 4 heteroatoms. The average molecular weight is 211 g/mol. The first-order valence-electron chi connectivity index (χ1n) is 4.87. The van der Waals surface area contributed by atoms with Gasteiger partial charge in [0.05, 0.1) is 19.3 Å². The number of benzene rings is 1. The first-order chi connectivity index (χ1) is 7.27. The Hall–Kier alpha value is -1.10. The molecule has 0 fully saturated rings. The van der Waals surface area contributed by atoms with Crippen LogP contribution in [-0.4, -0.2) is 36.6 Å². The van der Waals surface area contributed by atoms with E-state index in [1.807, 2.05) is 24.3 Å². The number of rotatable bonds is 6. The molecule has 1 aromatic rings. The van der Waals surface area contributed by atoms with Gasteiger partial charge in [-0.15, -0.1) is 0 Å². The van der Waals surface area contributed by atoms with Crippen LogP contribution in [0.15, 0.2) is 24.3 Å². The molecule has 0 heterocycles. The van der Waals surface area contributed by atoms with Crippen LogP contribution in [0, 0.1) is 0 Å². The smallest absolute Gasteiger partial charge is 0.0942 e. The highest BCUT2D eigenvalue weighted by atomic mass is 16.5. The van der Waals surface area contributed by atoms with Crippen LogP contribution < -0.4 is 5.32 Å². The van der Waals surface area contributed by atoms with Crippen molar-refractivity contribution in [3.63, 3.8) is 0 Å². The molecule has 4 nitrogen and oxygen atoms in total. The highest BCUT2D eigenvalue weighted by Gasteiger charge is 2.04. The molecule has 3 N–H and O–H groups in total. The molecule has 0 saturated heterocycles. The molecule has 0 saturated carbocycles. The minimum atomic E-state index is -0.736. The molecule has 0 amide bonds. The van der Waals surface area contributed by atoms with Crippen LogP contribution in [-0.2, 0) is 11.3 Å². The van der Waals surface area contributed by atoms with Crippen LogP contribution in [0.5, 0.6) is 0 Å². The van der Waals surface area contributed by atoms with Gasteiger partial charge in [0.1, 0.15) is 0 Å². The number of ether oxygens (including phenoxy) is 1. The summed E-state index contributed by atoms with van der Waals surface area (Å²) in [5.74, 6) is 0. The van der Waals surface area contributed by atoms with Crippen molar-refractivity contribution in [2.75, 3.05) is 25.6 Å². The lowest BCUT2D eigenvalue weighted by molar-refractivity contribution is 0.105. The summed E-state index contributed by atoms with van der Waals surface area (Å²) in [6, 6.07) is 7.71. The topological polar surface area (TPSA) is 61.7 Å². The van der Waals surface area contributed by atoms with Crippen molar-refractivity contribution in [2.24, 2.45) is 0 Å². The fraction of sp³-hybridized carbons (Fsp3) is 0.455. The van der Waals surface area contributed by atoms with Crippen LogP contribution >= 0.6 is 0 Å². The summed E-state index contributed by atoms with van der Waals surface area (Å²) in [7, 11) is 1.64. The first-order valence-corrected chi connectivity index (χ1v) is 4.87. The Kier molecular flexibility index (Phi) is 5.10. The van der Waals surface area contributed by atoms with Crippen molar-refractivity contribution < 1.29 is 14.9 Å². The lowest BCUT2D eigenvalue weighted by Crippen LogP contribution is -2.23. The Morgan fingerprint density at radius 3 is 2.80 bits per heavy atom. The number of anilines is 1. The Morgan fingerprint density at radius 2 is 2.13 bits per heavy atom. The van der Waals surface area contributed by atoms with Gasteiger partial charge in [-0.05, 0) is 6.07 Å². The second-order valence-electron chi connectivity index (χ2n) is 3.31. The summed E-state index contributed by atoms with van der Waals surface area (Å²) in [5, 5.41) is 20.9. The molecule has 1 rings (SSSR count). The van der Waals surface area contributed by atoms with E-state index >= 15 is 0 Å². The second-order valence-corrected chi connectivity index (χ2v) is 3.31. The summed E-state index contributed by atoms with van der Waals surface area (Å²) in [6.45, 7) is 0.620. The SMILES string of the molecule is COCc1ccccc1NC[C@H](O)CO. The minimum absolute atomic E-state index is 0.237. The average Bonchev–Trinajstić information content (AvgIpc) is 2.28. The molecule has 1 atom stereocenters. The van der Waals surface area contributed by atoms with Gasteiger partial charge >= 0.3 is 0 Å². The molecular weight excluding hydrogens is 194 g/mol. The standard InChI is InChI=1S/C11H17NO3/c1-15-8-9-4-2-3-5-11(9)12-6-10(14)7-13/h2-5,10,12-14H,6-8H2,1H3/t10-/m0/s1. The molecule has 0 spiro atoms. The fourth-order valence-electron chi connectivity index (χ4n) is 1.27. The third-order valence-corrected chi connectivity index (χ3v) is 2.06. The van der Waals surface area contributed by atoms with Crippen LogP contribution in [0.4, 0.5) is 5.69 Å². The quantitative estimate of drug-likeness (QED) is 0.644. The molecular formula is C11H17NO3. The van der Waals surface area contributed by atoms with E-state index in [9.17, 15) is 5.11 Å². The Balaban J connectivity index is 2.58. The van der Waals surface area contributed by atoms with Crippen molar-refractivity contribution in [3.05, 3.63) is 29.8 Å². The first kappa shape index (κ1) is 12.0. The summed E-state index contributed by atoms with van der Waals surface area (Å²) < 4.78 is 5.05. The lowest BCUT2D eigenvalue weighted by atomic mass is 10.2. The monoisotopic (exact) mass is 211 g/mol. The van der Waals surface area contributed by atoms with E-state index in [4.69, 9.17) is 9.84 Å². The summed E-state index contributed by atoms with van der Waals surface area (Å²) in [4.78, 5) is 0. The summed E-state index contributed by atoms with van der Waals surface area (Å²) in [6.07, 6.45) is -0.736. The normalized spacial score (nSPS) is 12.5. The third-order valence-electron chi connectivity index (χ3n) is 2.06. The molecule has 0 bridgehead atoms. The molecule has 84 valence electrons. The van der Waals surface area contributed by atoms with Gasteiger partial charge in [-0.2, -0.15) is 0 Å². The van der Waals surface area contributed by atoms with Gasteiger partial charge in [0.25, 0.3) is 0 Å². The van der Waals surface area contributed by atoms with Gasteiger partial charge in [0, 0.05) is 24.9 Å². The Labute approximate surface area is 89.5 Å². The largest absolute Gasteiger partial charge is 0.394 e. The predicted molar refractivity (Wildman–Crippen MR) is 58.7 cm³/mol. The summed E-state index contributed by atoms with van der Waals surface area (Å²) >= 11 is 0. The van der Waals surface area contributed by atoms with Crippen LogP contribution in [0.3, 0.4) is 0 Å². The van der Waals surface area contributed by atoms with E-state index in [1.165, 1.54) is 0 Å². The zero-order valence-electron chi connectivity index (χ0n) is 8.81. The van der Waals surface area contributed by atoms with Crippen molar-refractivity contribution in [3.8, 4) is 0 Å². The van der Waals surface area contributed by atoms with Gasteiger partial charge in [-0.3, -0.25) is 0 Å². The van der Waals surface area contributed by atoms with E-state index in [0.29, 0.717) is 13.2 Å². The second kappa shape index (κ2) is 6.40. The van der Waals surface area contributed by atoms with Gasteiger partial charge in [0.2, 0.25) is 0 Å². The minimum Gasteiger partial charge on any atom is -0.394 e. The number of methoxy groups -OCH3 is 1. The van der Waals surface area contributed by atoms with Gasteiger partial charge in [-0.1, -0.05) is 18.2 Å². The van der Waals surface area contributed by atoms with Crippen molar-refractivity contribution in [1.82, 2.24) is 0 Å².